The van der Waals surface area contributed by atoms with Gasteiger partial charge < -0.3 is 21.3 Å². The molecule has 0 aromatic carbocycles. The Balaban J connectivity index is 3.91. The SMILES string of the molecule is NC(CCC(=O)OCC(=O)C(N)CCC(=O)O)C(=O)S. The van der Waals surface area contributed by atoms with Crippen molar-refractivity contribution in [3.63, 3.8) is 0 Å². The number of carbonyl (C=O) groups is 4. The summed E-state index contributed by atoms with van der Waals surface area (Å²) in [5.41, 5.74) is 10.8. The Kier molecular flexibility index (Phi) is 8.77. The number of carboxylic acid groups (broad SMARTS) is 1. The van der Waals surface area contributed by atoms with Crippen LogP contribution in [0.2, 0.25) is 0 Å². The maximum atomic E-state index is 11.4. The number of thiol groups is 1. The van der Waals surface area contributed by atoms with E-state index in [2.05, 4.69) is 17.4 Å². The quantitative estimate of drug-likeness (QED) is 0.292. The van der Waals surface area contributed by atoms with E-state index in [0.717, 1.165) is 0 Å². The highest BCUT2D eigenvalue weighted by molar-refractivity contribution is 7.96. The Morgan fingerprint density at radius 1 is 1.05 bits per heavy atom. The van der Waals surface area contributed by atoms with Gasteiger partial charge in [0.05, 0.1) is 12.1 Å². The summed E-state index contributed by atoms with van der Waals surface area (Å²) in [6.07, 6.45) is -0.309. The van der Waals surface area contributed by atoms with Crippen molar-refractivity contribution >= 4 is 35.5 Å². The van der Waals surface area contributed by atoms with Crippen LogP contribution in [0.4, 0.5) is 0 Å². The predicted octanol–water partition coefficient (Wildman–Crippen LogP) is -1.15. The lowest BCUT2D eigenvalue weighted by molar-refractivity contribution is -0.148. The molecule has 2 atom stereocenters. The predicted molar refractivity (Wildman–Crippen MR) is 72.0 cm³/mol. The van der Waals surface area contributed by atoms with E-state index in [1.807, 2.05) is 0 Å². The molecule has 114 valence electrons. The van der Waals surface area contributed by atoms with E-state index >= 15 is 0 Å². The summed E-state index contributed by atoms with van der Waals surface area (Å²) < 4.78 is 4.65. The zero-order valence-corrected chi connectivity index (χ0v) is 11.7. The number of ether oxygens (including phenoxy) is 1. The van der Waals surface area contributed by atoms with E-state index in [0.29, 0.717) is 0 Å². The first-order valence-corrected chi connectivity index (χ1v) is 6.32. The number of hydrogen-bond donors (Lipinski definition) is 4. The zero-order valence-electron chi connectivity index (χ0n) is 10.8. The van der Waals surface area contributed by atoms with Gasteiger partial charge in [-0.1, -0.05) is 0 Å². The molecule has 0 aromatic heterocycles. The van der Waals surface area contributed by atoms with Gasteiger partial charge in [0.15, 0.2) is 12.4 Å². The summed E-state index contributed by atoms with van der Waals surface area (Å²) in [7, 11) is 0. The van der Waals surface area contributed by atoms with E-state index in [1.54, 1.807) is 0 Å². The summed E-state index contributed by atoms with van der Waals surface area (Å²) >= 11 is 3.51. The second kappa shape index (κ2) is 9.45. The third kappa shape index (κ3) is 8.62. The van der Waals surface area contributed by atoms with Crippen LogP contribution in [0.3, 0.4) is 0 Å². The van der Waals surface area contributed by atoms with Gasteiger partial charge in [-0.15, -0.1) is 12.6 Å². The topological polar surface area (TPSA) is 150 Å². The Morgan fingerprint density at radius 2 is 1.60 bits per heavy atom. The first kappa shape index (κ1) is 18.6. The first-order valence-electron chi connectivity index (χ1n) is 5.88. The molecule has 0 bridgehead atoms. The fraction of sp³-hybridized carbons (Fsp3) is 0.636. The van der Waals surface area contributed by atoms with Crippen LogP contribution in [0.5, 0.6) is 0 Å². The lowest BCUT2D eigenvalue weighted by Gasteiger charge is -2.10. The molecule has 9 heteroatoms. The largest absolute Gasteiger partial charge is 0.481 e. The maximum absolute atomic E-state index is 11.4. The van der Waals surface area contributed by atoms with Gasteiger partial charge >= 0.3 is 11.9 Å². The Hall–Kier alpha value is -1.45. The molecule has 5 N–H and O–H groups in total. The van der Waals surface area contributed by atoms with Gasteiger partial charge in [0.1, 0.15) is 0 Å². The van der Waals surface area contributed by atoms with Crippen molar-refractivity contribution in [2.75, 3.05) is 6.61 Å². The lowest BCUT2D eigenvalue weighted by atomic mass is 10.1. The van der Waals surface area contributed by atoms with E-state index in [1.165, 1.54) is 0 Å². The summed E-state index contributed by atoms with van der Waals surface area (Å²) in [4.78, 5) is 43.7. The number of ketones is 1. The molecule has 2 unspecified atom stereocenters. The Morgan fingerprint density at radius 3 is 2.10 bits per heavy atom. The molecule has 0 spiro atoms. The number of hydrogen-bond acceptors (Lipinski definition) is 7. The average molecular weight is 306 g/mol. The number of aliphatic carboxylic acids is 1. The number of esters is 1. The van der Waals surface area contributed by atoms with Crippen LogP contribution in [0.1, 0.15) is 25.7 Å². The van der Waals surface area contributed by atoms with Crippen molar-refractivity contribution in [1.82, 2.24) is 0 Å². The normalized spacial score (nSPS) is 13.3. The molecule has 0 saturated heterocycles. The monoisotopic (exact) mass is 306 g/mol. The molecule has 0 fully saturated rings. The van der Waals surface area contributed by atoms with Crippen molar-refractivity contribution in [3.05, 3.63) is 0 Å². The van der Waals surface area contributed by atoms with E-state index in [9.17, 15) is 19.2 Å². The van der Waals surface area contributed by atoms with Gasteiger partial charge in [0, 0.05) is 12.8 Å². The molecule has 0 rings (SSSR count). The molecule has 0 aromatic rings. The molecule has 0 radical (unpaired) electrons. The van der Waals surface area contributed by atoms with Crippen molar-refractivity contribution in [1.29, 1.82) is 0 Å². The minimum absolute atomic E-state index is 0.0231. The van der Waals surface area contributed by atoms with Crippen LogP contribution in [0.15, 0.2) is 0 Å². The number of carboxylic acids is 1. The minimum atomic E-state index is -1.06. The van der Waals surface area contributed by atoms with Crippen LogP contribution < -0.4 is 11.5 Å². The fourth-order valence-electron chi connectivity index (χ4n) is 1.17. The highest BCUT2D eigenvalue weighted by Crippen LogP contribution is 2.01. The molecule has 0 heterocycles. The molecular formula is C11H18N2O6S. The van der Waals surface area contributed by atoms with Gasteiger partial charge in [-0.25, -0.2) is 0 Å². The summed E-state index contributed by atoms with van der Waals surface area (Å²) in [5, 5.41) is 7.89. The van der Waals surface area contributed by atoms with Crippen LogP contribution >= 0.6 is 12.6 Å². The summed E-state index contributed by atoms with van der Waals surface area (Å²) in [5.74, 6) is -2.31. The number of Topliss-reactive ketones (excluding diaryl/α,β-unsaturated/α-hetero) is 1. The fourth-order valence-corrected chi connectivity index (χ4v) is 1.30. The van der Waals surface area contributed by atoms with Crippen LogP contribution in [0, 0.1) is 0 Å². The van der Waals surface area contributed by atoms with Crippen molar-refractivity contribution < 1.29 is 29.0 Å². The van der Waals surface area contributed by atoms with E-state index < -0.39 is 41.5 Å². The average Bonchev–Trinajstić information content (AvgIpc) is 2.38. The Labute approximate surface area is 121 Å². The van der Waals surface area contributed by atoms with Gasteiger partial charge in [-0.2, -0.15) is 0 Å². The number of nitrogens with two attached hydrogens (primary N) is 2. The highest BCUT2D eigenvalue weighted by Gasteiger charge is 2.18. The summed E-state index contributed by atoms with van der Waals surface area (Å²) in [6.45, 7) is -0.524. The standard InChI is InChI=1S/C11H18N2O6S/c12-6(1-3-9(15)16)8(14)5-19-10(17)4-2-7(13)11(18)20/h6-7H,1-5,12-13H2,(H,15,16)(H,18,20). The molecule has 0 saturated carbocycles. The second-order valence-electron chi connectivity index (χ2n) is 4.15. The molecule has 0 aliphatic carbocycles. The summed E-state index contributed by atoms with van der Waals surface area (Å²) in [6, 6.07) is -1.85. The van der Waals surface area contributed by atoms with Crippen LogP contribution in [0.25, 0.3) is 0 Å². The van der Waals surface area contributed by atoms with Gasteiger partial charge in [-0.3, -0.25) is 19.2 Å². The smallest absolute Gasteiger partial charge is 0.306 e. The first-order chi connectivity index (χ1) is 9.23. The van der Waals surface area contributed by atoms with Crippen molar-refractivity contribution in [3.8, 4) is 0 Å². The molecule has 8 nitrogen and oxygen atoms in total. The maximum Gasteiger partial charge on any atom is 0.306 e. The van der Waals surface area contributed by atoms with Gasteiger partial charge in [-0.05, 0) is 12.8 Å². The zero-order chi connectivity index (χ0) is 15.7. The molecule has 0 aliphatic heterocycles. The molecular weight excluding hydrogens is 288 g/mol. The number of rotatable bonds is 10. The number of carbonyl (C=O) groups excluding carboxylic acids is 3. The van der Waals surface area contributed by atoms with Gasteiger partial charge in [0.25, 0.3) is 0 Å². The van der Waals surface area contributed by atoms with Gasteiger partial charge in [0.2, 0.25) is 5.12 Å². The van der Waals surface area contributed by atoms with Crippen molar-refractivity contribution in [2.24, 2.45) is 11.5 Å². The second-order valence-corrected chi connectivity index (χ2v) is 4.59. The molecule has 0 aliphatic rings. The molecule has 0 amide bonds. The molecule has 20 heavy (non-hydrogen) atoms. The van der Waals surface area contributed by atoms with Crippen molar-refractivity contribution in [2.45, 2.75) is 37.8 Å². The highest BCUT2D eigenvalue weighted by atomic mass is 32.1. The third-order valence-electron chi connectivity index (χ3n) is 2.43. The third-order valence-corrected chi connectivity index (χ3v) is 2.77. The van der Waals surface area contributed by atoms with E-state index in [4.69, 9.17) is 16.6 Å². The lowest BCUT2D eigenvalue weighted by Crippen LogP contribution is -2.35. The Bertz CT molecular complexity index is 387. The van der Waals surface area contributed by atoms with Crippen LogP contribution in [-0.4, -0.2) is 46.6 Å². The van der Waals surface area contributed by atoms with E-state index in [-0.39, 0.29) is 25.7 Å². The van der Waals surface area contributed by atoms with Crippen LogP contribution in [-0.2, 0) is 23.9 Å². The minimum Gasteiger partial charge on any atom is -0.481 e.